The zero-order valence-corrected chi connectivity index (χ0v) is 15.7. The third-order valence-electron chi connectivity index (χ3n) is 4.88. The second-order valence-corrected chi connectivity index (χ2v) is 6.95. The number of aromatic nitrogens is 2. The number of nitrogens with zero attached hydrogens (tertiary/aromatic N) is 4. The van der Waals surface area contributed by atoms with Crippen LogP contribution in [0.5, 0.6) is 0 Å². The van der Waals surface area contributed by atoms with Crippen molar-refractivity contribution >= 4 is 5.91 Å². The van der Waals surface area contributed by atoms with Crippen molar-refractivity contribution in [2.45, 2.75) is 13.0 Å². The van der Waals surface area contributed by atoms with Crippen molar-refractivity contribution in [3.63, 3.8) is 0 Å². The van der Waals surface area contributed by atoms with Crippen molar-refractivity contribution in [3.8, 4) is 11.4 Å². The van der Waals surface area contributed by atoms with Crippen LogP contribution >= 0.6 is 0 Å². The smallest absolute Gasteiger partial charge is 0.254 e. The molecule has 3 aromatic rings. The van der Waals surface area contributed by atoms with Crippen LogP contribution in [0.4, 0.5) is 8.78 Å². The van der Waals surface area contributed by atoms with E-state index in [-0.39, 0.29) is 11.7 Å². The zero-order valence-electron chi connectivity index (χ0n) is 15.7. The number of carbonyl (C=O) groups excluding carboxylic acids is 1. The van der Waals surface area contributed by atoms with Crippen molar-refractivity contribution in [3.05, 3.63) is 71.6 Å². The van der Waals surface area contributed by atoms with Crippen molar-refractivity contribution in [2.24, 2.45) is 0 Å². The van der Waals surface area contributed by atoms with E-state index < -0.39 is 5.82 Å². The van der Waals surface area contributed by atoms with Gasteiger partial charge in [0.25, 0.3) is 5.91 Å². The van der Waals surface area contributed by atoms with Crippen LogP contribution in [0.2, 0.25) is 0 Å². The summed E-state index contributed by atoms with van der Waals surface area (Å²) in [6.07, 6.45) is 0.792. The van der Waals surface area contributed by atoms with Crippen LogP contribution in [0.15, 0.2) is 53.1 Å². The number of halogens is 2. The second-order valence-electron chi connectivity index (χ2n) is 6.95. The summed E-state index contributed by atoms with van der Waals surface area (Å²) in [4.78, 5) is 20.9. The average molecular weight is 398 g/mol. The SMILES string of the molecule is O=C(c1cccc(F)c1)N1CCCN(Cc2nc(-c3ccc(F)cc3)no2)CC1. The molecule has 0 atom stereocenters. The predicted octanol–water partition coefficient (Wildman–Crippen LogP) is 3.36. The molecule has 4 rings (SSSR count). The Morgan fingerprint density at radius 1 is 1.00 bits per heavy atom. The minimum absolute atomic E-state index is 0.164. The molecule has 0 bridgehead atoms. The first-order valence-electron chi connectivity index (χ1n) is 9.44. The van der Waals surface area contributed by atoms with Crippen LogP contribution in [0.3, 0.4) is 0 Å². The third-order valence-corrected chi connectivity index (χ3v) is 4.88. The normalized spacial score (nSPS) is 15.3. The molecule has 1 aromatic heterocycles. The minimum Gasteiger partial charge on any atom is -0.338 e. The summed E-state index contributed by atoms with van der Waals surface area (Å²) in [5.74, 6) is -0.0188. The van der Waals surface area contributed by atoms with Crippen molar-refractivity contribution < 1.29 is 18.1 Å². The topological polar surface area (TPSA) is 62.5 Å². The van der Waals surface area contributed by atoms with Gasteiger partial charge in [-0.1, -0.05) is 11.2 Å². The van der Waals surface area contributed by atoms with E-state index >= 15 is 0 Å². The Kier molecular flexibility index (Phi) is 5.62. The lowest BCUT2D eigenvalue weighted by molar-refractivity contribution is 0.0760. The summed E-state index contributed by atoms with van der Waals surface area (Å²) in [7, 11) is 0. The molecule has 6 nitrogen and oxygen atoms in total. The summed E-state index contributed by atoms with van der Waals surface area (Å²) >= 11 is 0. The van der Waals surface area contributed by atoms with Crippen LogP contribution in [0.25, 0.3) is 11.4 Å². The molecule has 1 fully saturated rings. The highest BCUT2D eigenvalue weighted by Gasteiger charge is 2.22. The number of rotatable bonds is 4. The molecular formula is C21H20F2N4O2. The maximum absolute atomic E-state index is 13.4. The number of hydrogen-bond donors (Lipinski definition) is 0. The van der Waals surface area contributed by atoms with Gasteiger partial charge in [-0.3, -0.25) is 9.69 Å². The van der Waals surface area contributed by atoms with Crippen LogP contribution in [0.1, 0.15) is 22.7 Å². The molecule has 8 heteroatoms. The van der Waals surface area contributed by atoms with Gasteiger partial charge in [0, 0.05) is 37.3 Å². The van der Waals surface area contributed by atoms with Crippen LogP contribution < -0.4 is 0 Å². The fourth-order valence-electron chi connectivity index (χ4n) is 3.36. The molecule has 0 aliphatic carbocycles. The molecule has 0 unspecified atom stereocenters. The fraction of sp³-hybridized carbons (Fsp3) is 0.286. The standard InChI is InChI=1S/C21H20F2N4O2/c22-17-7-5-15(6-8-17)20-24-19(29-25-20)14-26-9-2-10-27(12-11-26)21(28)16-3-1-4-18(23)13-16/h1,3-8,13H,2,9-12,14H2. The number of carbonyl (C=O) groups is 1. The highest BCUT2D eigenvalue weighted by molar-refractivity contribution is 5.94. The van der Waals surface area contributed by atoms with E-state index in [0.717, 1.165) is 13.0 Å². The first kappa shape index (κ1) is 19.2. The highest BCUT2D eigenvalue weighted by atomic mass is 19.1. The van der Waals surface area contributed by atoms with Crippen LogP contribution in [0, 0.1) is 11.6 Å². The maximum atomic E-state index is 13.4. The first-order valence-corrected chi connectivity index (χ1v) is 9.44. The van der Waals surface area contributed by atoms with E-state index in [9.17, 15) is 13.6 Å². The van der Waals surface area contributed by atoms with Gasteiger partial charge in [0.1, 0.15) is 11.6 Å². The number of benzene rings is 2. The molecule has 0 spiro atoms. The summed E-state index contributed by atoms with van der Waals surface area (Å²) in [5, 5.41) is 3.96. The van der Waals surface area contributed by atoms with Gasteiger partial charge in [0.2, 0.25) is 11.7 Å². The molecule has 1 aliphatic rings. The molecule has 1 aliphatic heterocycles. The number of amides is 1. The van der Waals surface area contributed by atoms with Crippen molar-refractivity contribution in [1.82, 2.24) is 19.9 Å². The quantitative estimate of drug-likeness (QED) is 0.674. The van der Waals surface area contributed by atoms with Gasteiger partial charge in [-0.05, 0) is 48.9 Å². The summed E-state index contributed by atoms with van der Waals surface area (Å²) in [5.41, 5.74) is 1.04. The lowest BCUT2D eigenvalue weighted by Gasteiger charge is -2.21. The zero-order chi connectivity index (χ0) is 20.2. The molecular weight excluding hydrogens is 378 g/mol. The Hall–Kier alpha value is -3.13. The summed E-state index contributed by atoms with van der Waals surface area (Å²) in [6, 6.07) is 11.7. The second kappa shape index (κ2) is 8.48. The van der Waals surface area contributed by atoms with Gasteiger partial charge >= 0.3 is 0 Å². The molecule has 2 aromatic carbocycles. The Labute approximate surface area is 166 Å². The Bertz CT molecular complexity index is 990. The maximum Gasteiger partial charge on any atom is 0.254 e. The summed E-state index contributed by atoms with van der Waals surface area (Å²) in [6.45, 7) is 3.04. The fourth-order valence-corrected chi connectivity index (χ4v) is 3.36. The Morgan fingerprint density at radius 2 is 1.83 bits per heavy atom. The van der Waals surface area contributed by atoms with Crippen molar-refractivity contribution in [2.75, 3.05) is 26.2 Å². The van der Waals surface area contributed by atoms with Crippen LogP contribution in [-0.4, -0.2) is 52.0 Å². The largest absolute Gasteiger partial charge is 0.338 e. The van der Waals surface area contributed by atoms with Gasteiger partial charge in [-0.15, -0.1) is 0 Å². The lowest BCUT2D eigenvalue weighted by Crippen LogP contribution is -2.35. The van der Waals surface area contributed by atoms with E-state index in [2.05, 4.69) is 15.0 Å². The number of hydrogen-bond acceptors (Lipinski definition) is 5. The molecule has 150 valence electrons. The van der Waals surface area contributed by atoms with Gasteiger partial charge in [0.05, 0.1) is 6.54 Å². The highest BCUT2D eigenvalue weighted by Crippen LogP contribution is 2.17. The van der Waals surface area contributed by atoms with Crippen molar-refractivity contribution in [1.29, 1.82) is 0 Å². The summed E-state index contributed by atoms with van der Waals surface area (Å²) < 4.78 is 31.8. The van der Waals surface area contributed by atoms with Gasteiger partial charge < -0.3 is 9.42 Å². The molecule has 0 radical (unpaired) electrons. The molecule has 1 amide bonds. The van der Waals surface area contributed by atoms with E-state index in [0.29, 0.717) is 49.0 Å². The predicted molar refractivity (Wildman–Crippen MR) is 102 cm³/mol. The van der Waals surface area contributed by atoms with Gasteiger partial charge in [-0.25, -0.2) is 8.78 Å². The van der Waals surface area contributed by atoms with E-state index in [1.807, 2.05) is 0 Å². The van der Waals surface area contributed by atoms with E-state index in [4.69, 9.17) is 4.52 Å². The molecule has 2 heterocycles. The third kappa shape index (κ3) is 4.65. The molecule has 0 N–H and O–H groups in total. The average Bonchev–Trinajstić information content (AvgIpc) is 3.06. The molecule has 29 heavy (non-hydrogen) atoms. The molecule has 1 saturated heterocycles. The first-order chi connectivity index (χ1) is 14.1. The monoisotopic (exact) mass is 398 g/mol. The van der Waals surface area contributed by atoms with E-state index in [1.165, 1.54) is 24.3 Å². The Balaban J connectivity index is 1.37. The van der Waals surface area contributed by atoms with Gasteiger partial charge in [-0.2, -0.15) is 4.98 Å². The van der Waals surface area contributed by atoms with Gasteiger partial charge in [0.15, 0.2) is 0 Å². The minimum atomic E-state index is -0.416. The molecule has 0 saturated carbocycles. The Morgan fingerprint density at radius 3 is 2.62 bits per heavy atom. The van der Waals surface area contributed by atoms with E-state index in [1.54, 1.807) is 29.2 Å². The van der Waals surface area contributed by atoms with Crippen LogP contribution in [-0.2, 0) is 6.54 Å². The lowest BCUT2D eigenvalue weighted by atomic mass is 10.2.